The van der Waals surface area contributed by atoms with Crippen LogP contribution in [0.4, 0.5) is 18.7 Å². The fourth-order valence-corrected chi connectivity index (χ4v) is 4.74. The average molecular weight is 566 g/mol. The topological polar surface area (TPSA) is 204 Å². The average Bonchev–Trinajstić information content (AvgIpc) is 3.30. The number of carbonyl (C=O) groups is 5. The lowest BCUT2D eigenvalue weighted by molar-refractivity contribution is -0.153. The molecule has 39 heavy (non-hydrogen) atoms. The normalized spacial score (nSPS) is 17.8. The summed E-state index contributed by atoms with van der Waals surface area (Å²) >= 11 is 0.941. The molecule has 206 valence electrons. The van der Waals surface area contributed by atoms with Gasteiger partial charge in [-0.1, -0.05) is 0 Å². The summed E-state index contributed by atoms with van der Waals surface area (Å²) in [7, 11) is -1.93. The van der Waals surface area contributed by atoms with Gasteiger partial charge in [0.05, 0.1) is 11.6 Å². The Morgan fingerprint density at radius 1 is 1.28 bits per heavy atom. The molecule has 0 radical (unpaired) electrons. The quantitative estimate of drug-likeness (QED) is 0.219. The van der Waals surface area contributed by atoms with E-state index < -0.39 is 83.8 Å². The number of fused-ring (bicyclic) bond motifs is 1. The third-order valence-corrected chi connectivity index (χ3v) is 6.82. The molecule has 0 saturated carbocycles. The number of nitrogen functional groups attached to an aromatic ring is 1. The Hall–Kier alpha value is -4.32. The van der Waals surface area contributed by atoms with Crippen molar-refractivity contribution in [2.45, 2.75) is 25.3 Å². The number of rotatable bonds is 6. The molecular formula is C21H21BF2N6O8S. The van der Waals surface area contributed by atoms with Crippen LogP contribution in [0.5, 0.6) is 5.75 Å². The van der Waals surface area contributed by atoms with Gasteiger partial charge in [0.15, 0.2) is 11.2 Å². The zero-order valence-electron chi connectivity index (χ0n) is 20.1. The van der Waals surface area contributed by atoms with Crippen LogP contribution < -0.4 is 21.0 Å². The van der Waals surface area contributed by atoms with Crippen LogP contribution in [0.1, 0.15) is 34.6 Å². The summed E-state index contributed by atoms with van der Waals surface area (Å²) in [5, 5.41) is 25.8. The Balaban J connectivity index is 1.56. The molecule has 18 heteroatoms. The number of carboxylic acids is 1. The van der Waals surface area contributed by atoms with Crippen molar-refractivity contribution in [2.24, 2.45) is 0 Å². The third kappa shape index (κ3) is 5.33. The van der Waals surface area contributed by atoms with Gasteiger partial charge in [-0.2, -0.15) is 0 Å². The lowest BCUT2D eigenvalue weighted by Gasteiger charge is -2.33. The lowest BCUT2D eigenvalue weighted by atomic mass is 9.72. The molecule has 1 aromatic heterocycles. The number of nitrogens with zero attached hydrogens (tertiary/aromatic N) is 3. The number of likely N-dealkylation sites (N-methyl/N-ethyl adjacent to an activating group) is 1. The van der Waals surface area contributed by atoms with Crippen LogP contribution >= 0.6 is 11.3 Å². The summed E-state index contributed by atoms with van der Waals surface area (Å²) in [6, 6.07) is -2.31. The first-order chi connectivity index (χ1) is 18.4. The number of nitrogens with one attached hydrogen (secondary N) is 2. The van der Waals surface area contributed by atoms with Crippen LogP contribution in [0.3, 0.4) is 0 Å². The van der Waals surface area contributed by atoms with E-state index in [1.54, 1.807) is 6.92 Å². The summed E-state index contributed by atoms with van der Waals surface area (Å²) in [5.41, 5.74) is 4.23. The summed E-state index contributed by atoms with van der Waals surface area (Å²) in [5.74, 6) is -9.40. The Labute approximate surface area is 222 Å². The molecule has 2 atom stereocenters. The summed E-state index contributed by atoms with van der Waals surface area (Å²) in [6.07, 6.45) is -0.500. The number of urea groups is 1. The van der Waals surface area contributed by atoms with Crippen molar-refractivity contribution < 1.29 is 47.5 Å². The number of carbonyl (C=O) groups excluding carboxylic acids is 4. The first kappa shape index (κ1) is 27.7. The minimum absolute atomic E-state index is 0.0395. The van der Waals surface area contributed by atoms with Crippen molar-refractivity contribution in [1.82, 2.24) is 25.4 Å². The Morgan fingerprint density at radius 2 is 2.00 bits per heavy atom. The molecule has 0 spiro atoms. The largest absolute Gasteiger partial charge is 0.547 e. The molecule has 1 fully saturated rings. The molecule has 0 aliphatic carbocycles. The molecular weight excluding hydrogens is 545 g/mol. The van der Waals surface area contributed by atoms with E-state index in [1.165, 1.54) is 10.3 Å². The maximum Gasteiger partial charge on any atom is 0.547 e. The van der Waals surface area contributed by atoms with E-state index in [-0.39, 0.29) is 30.5 Å². The van der Waals surface area contributed by atoms with Crippen molar-refractivity contribution in [3.63, 3.8) is 0 Å². The zero-order valence-corrected chi connectivity index (χ0v) is 21.0. The monoisotopic (exact) mass is 566 g/mol. The van der Waals surface area contributed by atoms with E-state index in [0.717, 1.165) is 11.3 Å². The molecule has 1 aromatic carbocycles. The number of aromatic carboxylic acids is 1. The number of halogens is 2. The highest BCUT2D eigenvalue weighted by atomic mass is 32.1. The fraction of sp³-hybridized carbons (Fsp3) is 0.333. The summed E-state index contributed by atoms with van der Waals surface area (Å²) in [4.78, 5) is 68.1. The number of imide groups is 1. The minimum atomic E-state index is -1.93. The lowest BCUT2D eigenvalue weighted by Crippen LogP contribution is -2.60. The van der Waals surface area contributed by atoms with Crippen LogP contribution in [-0.4, -0.2) is 87.3 Å². The zero-order chi connectivity index (χ0) is 28.6. The number of thiazole rings is 1. The van der Waals surface area contributed by atoms with Crippen molar-refractivity contribution in [2.75, 3.05) is 25.4 Å². The van der Waals surface area contributed by atoms with Crippen LogP contribution in [0.25, 0.3) is 0 Å². The molecule has 14 nitrogen and oxygen atoms in total. The van der Waals surface area contributed by atoms with E-state index in [9.17, 15) is 42.9 Å². The first-order valence-electron chi connectivity index (χ1n) is 11.4. The highest BCUT2D eigenvalue weighted by Gasteiger charge is 2.43. The molecule has 5 amide bonds. The first-order valence-corrected chi connectivity index (χ1v) is 12.3. The molecule has 2 aromatic rings. The Kier molecular flexibility index (Phi) is 7.68. The molecule has 1 saturated heterocycles. The molecule has 0 bridgehead atoms. The number of hydrogen-bond acceptors (Lipinski definition) is 10. The van der Waals surface area contributed by atoms with Gasteiger partial charge in [0.2, 0.25) is 5.91 Å². The van der Waals surface area contributed by atoms with Gasteiger partial charge in [0.25, 0.3) is 0 Å². The molecule has 2 aliphatic rings. The second kappa shape index (κ2) is 10.8. The van der Waals surface area contributed by atoms with Crippen molar-refractivity contribution in [1.29, 1.82) is 0 Å². The number of piperazine rings is 1. The summed E-state index contributed by atoms with van der Waals surface area (Å²) < 4.78 is 33.6. The second-order valence-corrected chi connectivity index (χ2v) is 9.38. The minimum Gasteiger partial charge on any atom is -0.534 e. The van der Waals surface area contributed by atoms with Crippen molar-refractivity contribution in [3.8, 4) is 5.75 Å². The number of amides is 5. The number of benzene rings is 1. The van der Waals surface area contributed by atoms with Gasteiger partial charge < -0.3 is 36.1 Å². The van der Waals surface area contributed by atoms with E-state index in [4.69, 9.17) is 10.4 Å². The number of aromatic nitrogens is 1. The number of hydrogen-bond donors (Lipinski definition) is 5. The highest BCUT2D eigenvalue weighted by molar-refractivity contribution is 7.13. The van der Waals surface area contributed by atoms with Gasteiger partial charge in [-0.3, -0.25) is 19.3 Å². The predicted octanol–water partition coefficient (Wildman–Crippen LogP) is -0.717. The maximum absolute atomic E-state index is 14.5. The van der Waals surface area contributed by atoms with Crippen LogP contribution in [0.15, 0.2) is 11.4 Å². The molecule has 2 aliphatic heterocycles. The number of nitrogens with two attached hydrogens (primary N) is 1. The van der Waals surface area contributed by atoms with Crippen LogP contribution in [-0.2, 0) is 20.8 Å². The van der Waals surface area contributed by atoms with Gasteiger partial charge in [0, 0.05) is 36.6 Å². The van der Waals surface area contributed by atoms with Gasteiger partial charge in [-0.15, -0.1) is 11.3 Å². The fourth-order valence-electron chi connectivity index (χ4n) is 4.15. The highest BCUT2D eigenvalue weighted by Crippen LogP contribution is 2.34. The molecule has 3 heterocycles. The number of anilines is 1. The van der Waals surface area contributed by atoms with Gasteiger partial charge >= 0.3 is 30.9 Å². The van der Waals surface area contributed by atoms with Crippen LogP contribution in [0, 0.1) is 11.6 Å². The maximum atomic E-state index is 14.5. The van der Waals surface area contributed by atoms with Crippen molar-refractivity contribution in [3.05, 3.63) is 39.9 Å². The van der Waals surface area contributed by atoms with Gasteiger partial charge in [0.1, 0.15) is 22.9 Å². The van der Waals surface area contributed by atoms with Gasteiger partial charge in [-0.25, -0.2) is 23.4 Å². The third-order valence-electron chi connectivity index (χ3n) is 6.13. The van der Waals surface area contributed by atoms with Crippen LogP contribution in [0.2, 0.25) is 0 Å². The molecule has 6 N–H and O–H groups in total. The standard InChI is InChI=1S/C21H21BF2N6O8S/c1-2-29-3-4-30(18(33)17(29)32)21(36)28-14(11-7-39-20(25)26-11)16(31)27-12-5-8-9(23)6-10(24)13(19(34)35)15(8)38-22(12)37/h6-7,12,14,37H,2-5H2,1H3,(H2,25,26)(H,27,31)(H,28,36)(H,34,35)/t12-,14?/m0/s1. The van der Waals surface area contributed by atoms with E-state index in [1.807, 2.05) is 0 Å². The Bertz CT molecular complexity index is 1380. The summed E-state index contributed by atoms with van der Waals surface area (Å²) in [6.45, 7) is 1.88. The molecule has 4 rings (SSSR count). The second-order valence-electron chi connectivity index (χ2n) is 8.49. The van der Waals surface area contributed by atoms with Gasteiger partial charge in [-0.05, 0) is 13.3 Å². The molecule has 1 unspecified atom stereocenters. The Morgan fingerprint density at radius 3 is 2.62 bits per heavy atom. The SMILES string of the molecule is CCN1CCN(C(=O)NC(C(=O)N[C@H]2Cc3c(F)cc(F)c(C(=O)O)c3OB2O)c2csc(N)n2)C(=O)C1=O. The smallest absolute Gasteiger partial charge is 0.534 e. The van der Waals surface area contributed by atoms with E-state index in [2.05, 4.69) is 15.6 Å². The predicted molar refractivity (Wildman–Crippen MR) is 129 cm³/mol. The van der Waals surface area contributed by atoms with E-state index in [0.29, 0.717) is 11.0 Å². The van der Waals surface area contributed by atoms with E-state index >= 15 is 0 Å². The van der Waals surface area contributed by atoms with Crippen molar-refractivity contribution >= 4 is 53.3 Å². The number of carboxylic acid groups (broad SMARTS) is 1.